The van der Waals surface area contributed by atoms with E-state index in [0.29, 0.717) is 12.5 Å². The van der Waals surface area contributed by atoms with Gasteiger partial charge in [0.15, 0.2) is 0 Å². The molecule has 6 heteroatoms. The molecule has 2 aromatic rings. The molecule has 4 nitrogen and oxygen atoms in total. The van der Waals surface area contributed by atoms with E-state index in [1.807, 2.05) is 6.07 Å². The molecular formula is C16H20N2O2S2. The maximum Gasteiger partial charge on any atom is 0.247 e. The van der Waals surface area contributed by atoms with Crippen LogP contribution in [0.1, 0.15) is 23.1 Å². The Bertz CT molecular complexity index is 753. The predicted molar refractivity (Wildman–Crippen MR) is 89.4 cm³/mol. The van der Waals surface area contributed by atoms with Crippen LogP contribution >= 0.6 is 11.3 Å². The minimum Gasteiger partial charge on any atom is -0.312 e. The smallest absolute Gasteiger partial charge is 0.247 e. The quantitative estimate of drug-likeness (QED) is 0.880. The van der Waals surface area contributed by atoms with Gasteiger partial charge in [-0.3, -0.25) is 0 Å². The maximum atomic E-state index is 11.5. The highest BCUT2D eigenvalue weighted by atomic mass is 32.2. The lowest BCUT2D eigenvalue weighted by atomic mass is 9.84. The zero-order chi connectivity index (χ0) is 15.6. The molecule has 0 radical (unpaired) electrons. The fourth-order valence-corrected chi connectivity index (χ4v) is 4.92. The lowest BCUT2D eigenvalue weighted by Gasteiger charge is -2.24. The average molecular weight is 336 g/mol. The van der Waals surface area contributed by atoms with Crippen LogP contribution in [0.25, 0.3) is 0 Å². The third-order valence-electron chi connectivity index (χ3n) is 4.16. The van der Waals surface area contributed by atoms with Gasteiger partial charge < -0.3 is 5.32 Å². The summed E-state index contributed by atoms with van der Waals surface area (Å²) in [6.45, 7) is 1.45. The fourth-order valence-electron chi connectivity index (χ4n) is 3.06. The van der Waals surface area contributed by atoms with Crippen molar-refractivity contribution in [2.45, 2.75) is 30.0 Å². The zero-order valence-corrected chi connectivity index (χ0v) is 13.9. The van der Waals surface area contributed by atoms with E-state index in [2.05, 4.69) is 29.6 Å². The Kier molecular flexibility index (Phi) is 4.63. The van der Waals surface area contributed by atoms with Gasteiger partial charge in [0.2, 0.25) is 10.0 Å². The van der Waals surface area contributed by atoms with Crippen LogP contribution in [0, 0.1) is 5.92 Å². The van der Waals surface area contributed by atoms with E-state index in [-0.39, 0.29) is 4.21 Å². The first-order chi connectivity index (χ1) is 10.5. The number of nitrogens with two attached hydrogens (primary N) is 1. The van der Waals surface area contributed by atoms with Gasteiger partial charge >= 0.3 is 0 Å². The summed E-state index contributed by atoms with van der Waals surface area (Å²) in [5.74, 6) is 0.603. The minimum atomic E-state index is -3.61. The molecule has 0 aliphatic heterocycles. The van der Waals surface area contributed by atoms with E-state index in [4.69, 9.17) is 5.14 Å². The predicted octanol–water partition coefficient (Wildman–Crippen LogP) is 2.29. The minimum absolute atomic E-state index is 0.272. The molecule has 0 spiro atoms. The second-order valence-corrected chi connectivity index (χ2v) is 8.46. The van der Waals surface area contributed by atoms with Crippen LogP contribution in [0.5, 0.6) is 0 Å². The third kappa shape index (κ3) is 3.57. The molecule has 0 saturated carbocycles. The normalized spacial score (nSPS) is 18.1. The lowest BCUT2D eigenvalue weighted by molar-refractivity contribution is 0.423. The van der Waals surface area contributed by atoms with Gasteiger partial charge in [-0.05, 0) is 59.9 Å². The van der Waals surface area contributed by atoms with Crippen LogP contribution in [0.2, 0.25) is 0 Å². The first kappa shape index (κ1) is 15.7. The summed E-state index contributed by atoms with van der Waals surface area (Å²) in [7, 11) is -3.61. The van der Waals surface area contributed by atoms with Gasteiger partial charge in [0.1, 0.15) is 4.21 Å². The molecular weight excluding hydrogens is 316 g/mol. The molecule has 0 amide bonds. The number of primary sulfonamides is 1. The average Bonchev–Trinajstić information content (AvgIpc) is 2.96. The number of fused-ring (bicyclic) bond motifs is 1. The lowest BCUT2D eigenvalue weighted by Crippen LogP contribution is -2.27. The molecule has 3 N–H and O–H groups in total. The van der Waals surface area contributed by atoms with E-state index in [1.54, 1.807) is 5.38 Å². The second-order valence-electron chi connectivity index (χ2n) is 5.79. The number of nitrogens with one attached hydrogen (secondary N) is 1. The number of aryl methyl sites for hydroxylation is 1. The number of hydrogen-bond donors (Lipinski definition) is 2. The van der Waals surface area contributed by atoms with Crippen LogP contribution in [-0.4, -0.2) is 15.0 Å². The molecule has 1 heterocycles. The van der Waals surface area contributed by atoms with E-state index >= 15 is 0 Å². The van der Waals surface area contributed by atoms with E-state index < -0.39 is 10.0 Å². The van der Waals surface area contributed by atoms with E-state index in [0.717, 1.165) is 24.9 Å². The molecule has 0 saturated heterocycles. The maximum absolute atomic E-state index is 11.5. The third-order valence-corrected chi connectivity index (χ3v) is 6.68. The second kappa shape index (κ2) is 6.50. The van der Waals surface area contributed by atoms with Crippen molar-refractivity contribution >= 4 is 21.4 Å². The topological polar surface area (TPSA) is 72.2 Å². The van der Waals surface area contributed by atoms with Crippen molar-refractivity contribution in [3.8, 4) is 0 Å². The van der Waals surface area contributed by atoms with Gasteiger partial charge in [0.25, 0.3) is 0 Å². The highest BCUT2D eigenvalue weighted by Crippen LogP contribution is 2.25. The van der Waals surface area contributed by atoms with Crippen molar-refractivity contribution in [2.24, 2.45) is 11.1 Å². The highest BCUT2D eigenvalue weighted by molar-refractivity contribution is 7.91. The molecule has 1 unspecified atom stereocenters. The van der Waals surface area contributed by atoms with Crippen LogP contribution in [-0.2, 0) is 29.4 Å². The van der Waals surface area contributed by atoms with Crippen LogP contribution in [0.3, 0.4) is 0 Å². The molecule has 22 heavy (non-hydrogen) atoms. The fraction of sp³-hybridized carbons (Fsp3) is 0.375. The van der Waals surface area contributed by atoms with Crippen molar-refractivity contribution in [3.63, 3.8) is 0 Å². The SMILES string of the molecule is NS(=O)(=O)c1sccc1CNCC1CCc2ccccc2C1. The summed E-state index contributed by atoms with van der Waals surface area (Å²) in [6, 6.07) is 10.4. The molecule has 1 aliphatic rings. The van der Waals surface area contributed by atoms with Crippen LogP contribution < -0.4 is 10.5 Å². The van der Waals surface area contributed by atoms with Crippen molar-refractivity contribution in [1.29, 1.82) is 0 Å². The van der Waals surface area contributed by atoms with Crippen LogP contribution in [0.4, 0.5) is 0 Å². The number of hydrogen-bond acceptors (Lipinski definition) is 4. The Morgan fingerprint density at radius 3 is 2.77 bits per heavy atom. The molecule has 3 rings (SSSR count). The van der Waals surface area contributed by atoms with Crippen molar-refractivity contribution in [2.75, 3.05) is 6.54 Å². The van der Waals surface area contributed by atoms with Gasteiger partial charge in [0, 0.05) is 6.54 Å². The monoisotopic (exact) mass is 336 g/mol. The number of rotatable bonds is 5. The largest absolute Gasteiger partial charge is 0.312 e. The standard InChI is InChI=1S/C16H20N2O2S2/c17-22(19,20)16-15(7-8-21-16)11-18-10-12-5-6-13-3-1-2-4-14(13)9-12/h1-4,7-8,12,18H,5-6,9-11H2,(H2,17,19,20). The van der Waals surface area contributed by atoms with Gasteiger partial charge in [-0.25, -0.2) is 13.6 Å². The van der Waals surface area contributed by atoms with E-state index in [1.165, 1.54) is 28.9 Å². The van der Waals surface area contributed by atoms with Crippen molar-refractivity contribution < 1.29 is 8.42 Å². The summed E-state index contributed by atoms with van der Waals surface area (Å²) >= 11 is 1.18. The number of benzene rings is 1. The van der Waals surface area contributed by atoms with E-state index in [9.17, 15) is 8.42 Å². The molecule has 0 fully saturated rings. The summed E-state index contributed by atoms with van der Waals surface area (Å²) in [5.41, 5.74) is 3.68. The Hall–Kier alpha value is -1.21. The van der Waals surface area contributed by atoms with Gasteiger partial charge in [-0.15, -0.1) is 11.3 Å². The molecule has 1 atom stereocenters. The van der Waals surface area contributed by atoms with Crippen LogP contribution in [0.15, 0.2) is 39.9 Å². The molecule has 118 valence electrons. The van der Waals surface area contributed by atoms with Gasteiger partial charge in [-0.2, -0.15) is 0 Å². The highest BCUT2D eigenvalue weighted by Gasteiger charge is 2.19. The Morgan fingerprint density at radius 2 is 2.00 bits per heavy atom. The Balaban J connectivity index is 1.56. The number of thiophene rings is 1. The molecule has 0 bridgehead atoms. The summed E-state index contributed by atoms with van der Waals surface area (Å²) in [6.07, 6.45) is 3.40. The molecule has 1 aliphatic carbocycles. The molecule has 1 aromatic heterocycles. The number of sulfonamides is 1. The van der Waals surface area contributed by atoms with Gasteiger partial charge in [-0.1, -0.05) is 24.3 Å². The molecule has 1 aromatic carbocycles. The van der Waals surface area contributed by atoms with Crippen molar-refractivity contribution in [3.05, 3.63) is 52.4 Å². The first-order valence-corrected chi connectivity index (χ1v) is 9.83. The summed E-state index contributed by atoms with van der Waals surface area (Å²) in [5, 5.41) is 10.4. The summed E-state index contributed by atoms with van der Waals surface area (Å²) < 4.78 is 23.2. The van der Waals surface area contributed by atoms with Crippen molar-refractivity contribution in [1.82, 2.24) is 5.32 Å². The Labute approximate surface area is 135 Å². The Morgan fingerprint density at radius 1 is 1.23 bits per heavy atom. The zero-order valence-electron chi connectivity index (χ0n) is 12.3. The first-order valence-electron chi connectivity index (χ1n) is 7.40. The summed E-state index contributed by atoms with van der Waals surface area (Å²) in [4.78, 5) is 0. The van der Waals surface area contributed by atoms with Gasteiger partial charge in [0.05, 0.1) is 0 Å².